The van der Waals surface area contributed by atoms with Crippen LogP contribution in [0, 0.1) is 5.92 Å². The van der Waals surface area contributed by atoms with Crippen molar-refractivity contribution in [3.05, 3.63) is 11.6 Å². The fraction of sp³-hybridized carbons (Fsp3) is 0.769. The smallest absolute Gasteiger partial charge is 0.290 e. The highest BCUT2D eigenvalue weighted by atomic mass is 16.2. The Morgan fingerprint density at radius 2 is 2.21 bits per heavy atom. The Morgan fingerprint density at radius 3 is 2.84 bits per heavy atom. The van der Waals surface area contributed by atoms with Crippen molar-refractivity contribution in [2.45, 2.75) is 33.1 Å². The predicted octanol–water partition coefficient (Wildman–Crippen LogP) is 0.829. The van der Waals surface area contributed by atoms with Crippen LogP contribution in [0.5, 0.6) is 0 Å². The van der Waals surface area contributed by atoms with Crippen LogP contribution in [-0.2, 0) is 6.42 Å². The van der Waals surface area contributed by atoms with Crippen molar-refractivity contribution in [1.82, 2.24) is 25.4 Å². The molecule has 2 heterocycles. The van der Waals surface area contributed by atoms with Gasteiger partial charge in [-0.05, 0) is 31.8 Å². The molecule has 0 bridgehead atoms. The maximum Gasteiger partial charge on any atom is 0.290 e. The molecular formula is C13H23N5O. The summed E-state index contributed by atoms with van der Waals surface area (Å²) in [5.41, 5.74) is 0. The monoisotopic (exact) mass is 265 g/mol. The minimum Gasteiger partial charge on any atom is -0.349 e. The summed E-state index contributed by atoms with van der Waals surface area (Å²) >= 11 is 0. The molecule has 1 aromatic rings. The second kappa shape index (κ2) is 6.65. The molecule has 0 spiro atoms. The van der Waals surface area contributed by atoms with Crippen LogP contribution in [0.1, 0.15) is 43.1 Å². The number of nitrogens with one attached hydrogen (secondary N) is 2. The molecule has 1 unspecified atom stereocenters. The Labute approximate surface area is 114 Å². The number of hydrogen-bond donors (Lipinski definition) is 2. The van der Waals surface area contributed by atoms with E-state index < -0.39 is 0 Å². The van der Waals surface area contributed by atoms with Gasteiger partial charge < -0.3 is 10.2 Å². The Hall–Kier alpha value is -1.43. The zero-order valence-corrected chi connectivity index (χ0v) is 11.8. The Balaban J connectivity index is 1.73. The molecule has 6 nitrogen and oxygen atoms in total. The first-order chi connectivity index (χ1) is 9.19. The number of hydrogen-bond acceptors (Lipinski definition) is 4. The third kappa shape index (κ3) is 4.02. The van der Waals surface area contributed by atoms with Gasteiger partial charge in [0.25, 0.3) is 5.91 Å². The molecule has 6 heteroatoms. The SMILES string of the molecule is CCc1nc(C(=O)NCC(C)CN2CCCC2)n[nH]1. The summed E-state index contributed by atoms with van der Waals surface area (Å²) in [7, 11) is 0. The predicted molar refractivity (Wildman–Crippen MR) is 72.9 cm³/mol. The number of aryl methyl sites for hydroxylation is 1. The lowest BCUT2D eigenvalue weighted by atomic mass is 10.1. The fourth-order valence-electron chi connectivity index (χ4n) is 2.37. The van der Waals surface area contributed by atoms with Gasteiger partial charge in [-0.1, -0.05) is 13.8 Å². The lowest BCUT2D eigenvalue weighted by molar-refractivity contribution is 0.0935. The Morgan fingerprint density at radius 1 is 1.47 bits per heavy atom. The Bertz CT molecular complexity index is 411. The van der Waals surface area contributed by atoms with E-state index in [4.69, 9.17) is 0 Å². The average Bonchev–Trinajstić information content (AvgIpc) is 3.06. The van der Waals surface area contributed by atoms with E-state index in [1.54, 1.807) is 0 Å². The molecule has 1 fully saturated rings. The largest absolute Gasteiger partial charge is 0.349 e. The first-order valence-electron chi connectivity index (χ1n) is 7.11. The van der Waals surface area contributed by atoms with E-state index in [2.05, 4.69) is 32.3 Å². The minimum absolute atomic E-state index is 0.191. The van der Waals surface area contributed by atoms with Crippen LogP contribution >= 0.6 is 0 Å². The molecule has 0 saturated carbocycles. The van der Waals surface area contributed by atoms with Crippen LogP contribution < -0.4 is 5.32 Å². The van der Waals surface area contributed by atoms with E-state index in [0.29, 0.717) is 12.5 Å². The highest BCUT2D eigenvalue weighted by molar-refractivity contribution is 5.90. The zero-order valence-electron chi connectivity index (χ0n) is 11.8. The first kappa shape index (κ1) is 14.0. The molecule has 106 valence electrons. The van der Waals surface area contributed by atoms with E-state index in [1.165, 1.54) is 25.9 Å². The lowest BCUT2D eigenvalue weighted by Gasteiger charge is -2.20. The van der Waals surface area contributed by atoms with E-state index >= 15 is 0 Å². The second-order valence-corrected chi connectivity index (χ2v) is 5.28. The number of nitrogens with zero attached hydrogens (tertiary/aromatic N) is 3. The van der Waals surface area contributed by atoms with Gasteiger partial charge in [0.05, 0.1) is 0 Å². The number of amides is 1. The summed E-state index contributed by atoms with van der Waals surface area (Å²) in [5, 5.41) is 9.56. The second-order valence-electron chi connectivity index (χ2n) is 5.28. The summed E-state index contributed by atoms with van der Waals surface area (Å²) in [6, 6.07) is 0. The maximum absolute atomic E-state index is 11.8. The third-order valence-corrected chi connectivity index (χ3v) is 3.45. The van der Waals surface area contributed by atoms with Gasteiger partial charge in [-0.3, -0.25) is 9.89 Å². The molecular weight excluding hydrogens is 242 g/mol. The summed E-state index contributed by atoms with van der Waals surface area (Å²) in [6.45, 7) is 8.24. The highest BCUT2D eigenvalue weighted by Gasteiger charge is 2.16. The van der Waals surface area contributed by atoms with Gasteiger partial charge >= 0.3 is 0 Å². The standard InChI is InChI=1S/C13H23N5O/c1-3-11-15-12(17-16-11)13(19)14-8-10(2)9-18-6-4-5-7-18/h10H,3-9H2,1-2H3,(H,14,19)(H,15,16,17). The molecule has 0 aromatic carbocycles. The summed E-state index contributed by atoms with van der Waals surface area (Å²) in [4.78, 5) is 18.4. The van der Waals surface area contributed by atoms with Crippen LogP contribution in [-0.4, -0.2) is 52.2 Å². The van der Waals surface area contributed by atoms with Gasteiger partial charge in [-0.15, -0.1) is 5.10 Å². The normalized spacial score (nSPS) is 17.6. The number of H-pyrrole nitrogens is 1. The van der Waals surface area contributed by atoms with Gasteiger partial charge in [-0.25, -0.2) is 4.98 Å². The number of aromatic nitrogens is 3. The molecule has 1 aliphatic rings. The number of carbonyl (C=O) groups excluding carboxylic acids is 1. The van der Waals surface area contributed by atoms with E-state index in [0.717, 1.165) is 18.8 Å². The molecule has 0 aliphatic carbocycles. The fourth-order valence-corrected chi connectivity index (χ4v) is 2.37. The van der Waals surface area contributed by atoms with Crippen LogP contribution in [0.3, 0.4) is 0 Å². The van der Waals surface area contributed by atoms with Crippen molar-refractivity contribution < 1.29 is 4.79 Å². The number of likely N-dealkylation sites (tertiary alicyclic amines) is 1. The van der Waals surface area contributed by atoms with Crippen molar-refractivity contribution in [3.63, 3.8) is 0 Å². The minimum atomic E-state index is -0.191. The molecule has 19 heavy (non-hydrogen) atoms. The molecule has 1 aromatic heterocycles. The molecule has 1 amide bonds. The molecule has 2 rings (SSSR count). The maximum atomic E-state index is 11.8. The number of rotatable bonds is 6. The van der Waals surface area contributed by atoms with Crippen LogP contribution in [0.2, 0.25) is 0 Å². The highest BCUT2D eigenvalue weighted by Crippen LogP contribution is 2.09. The van der Waals surface area contributed by atoms with Crippen LogP contribution in [0.4, 0.5) is 0 Å². The van der Waals surface area contributed by atoms with Crippen molar-refractivity contribution in [1.29, 1.82) is 0 Å². The van der Waals surface area contributed by atoms with Crippen LogP contribution in [0.15, 0.2) is 0 Å². The van der Waals surface area contributed by atoms with E-state index in [9.17, 15) is 4.79 Å². The van der Waals surface area contributed by atoms with Gasteiger partial charge in [0, 0.05) is 19.5 Å². The molecule has 2 N–H and O–H groups in total. The van der Waals surface area contributed by atoms with Gasteiger partial charge in [0.2, 0.25) is 5.82 Å². The van der Waals surface area contributed by atoms with Crippen LogP contribution in [0.25, 0.3) is 0 Å². The zero-order chi connectivity index (χ0) is 13.7. The summed E-state index contributed by atoms with van der Waals surface area (Å²) < 4.78 is 0. The number of aromatic amines is 1. The van der Waals surface area contributed by atoms with Gasteiger partial charge in [-0.2, -0.15) is 0 Å². The number of carbonyl (C=O) groups is 1. The summed E-state index contributed by atoms with van der Waals surface area (Å²) in [5.74, 6) is 1.25. The first-order valence-corrected chi connectivity index (χ1v) is 7.11. The van der Waals surface area contributed by atoms with E-state index in [1.807, 2.05) is 6.92 Å². The lowest BCUT2D eigenvalue weighted by Crippen LogP contribution is -2.34. The van der Waals surface area contributed by atoms with Crippen molar-refractivity contribution >= 4 is 5.91 Å². The molecule has 0 radical (unpaired) electrons. The quantitative estimate of drug-likeness (QED) is 0.799. The average molecular weight is 265 g/mol. The molecule has 1 aliphatic heterocycles. The van der Waals surface area contributed by atoms with E-state index in [-0.39, 0.29) is 11.7 Å². The molecule has 1 saturated heterocycles. The molecule has 1 atom stereocenters. The summed E-state index contributed by atoms with van der Waals surface area (Å²) in [6.07, 6.45) is 3.36. The van der Waals surface area contributed by atoms with Crippen molar-refractivity contribution in [2.75, 3.05) is 26.2 Å². The van der Waals surface area contributed by atoms with Gasteiger partial charge in [0.15, 0.2) is 0 Å². The Kier molecular flexibility index (Phi) is 4.90. The van der Waals surface area contributed by atoms with Crippen molar-refractivity contribution in [3.8, 4) is 0 Å². The topological polar surface area (TPSA) is 73.9 Å². The third-order valence-electron chi connectivity index (χ3n) is 3.45. The van der Waals surface area contributed by atoms with Crippen molar-refractivity contribution in [2.24, 2.45) is 5.92 Å². The van der Waals surface area contributed by atoms with Gasteiger partial charge in [0.1, 0.15) is 5.82 Å².